The van der Waals surface area contributed by atoms with Crippen molar-refractivity contribution in [2.24, 2.45) is 5.41 Å². The summed E-state index contributed by atoms with van der Waals surface area (Å²) in [5, 5.41) is 9.22. The Balaban J connectivity index is 2.55. The maximum absolute atomic E-state index is 11.6. The number of likely N-dealkylation sites (tertiary alicyclic amines) is 1. The van der Waals surface area contributed by atoms with Gasteiger partial charge in [0.05, 0.1) is 6.10 Å². The molecule has 1 aliphatic rings. The Bertz CT molecular complexity index is 183. The molecule has 1 fully saturated rings. The normalized spacial score (nSPS) is 24.7. The van der Waals surface area contributed by atoms with E-state index in [1.165, 1.54) is 0 Å². The molecule has 0 aromatic rings. The molecule has 12 heavy (non-hydrogen) atoms. The average Bonchev–Trinajstić information content (AvgIpc) is 2.32. The van der Waals surface area contributed by atoms with Gasteiger partial charge in [-0.25, -0.2) is 0 Å². The number of carbonyl (C=O) groups is 1. The Hall–Kier alpha value is -0.570. The van der Waals surface area contributed by atoms with E-state index in [1.807, 2.05) is 20.8 Å². The fraction of sp³-hybridized carbons (Fsp3) is 0.889. The summed E-state index contributed by atoms with van der Waals surface area (Å²) >= 11 is 0. The van der Waals surface area contributed by atoms with Crippen molar-refractivity contribution in [1.82, 2.24) is 4.90 Å². The first kappa shape index (κ1) is 9.52. The second-order valence-electron chi connectivity index (χ2n) is 4.44. The largest absolute Gasteiger partial charge is 0.391 e. The molecule has 0 bridgehead atoms. The Morgan fingerprint density at radius 2 is 2.08 bits per heavy atom. The average molecular weight is 171 g/mol. The minimum absolute atomic E-state index is 0.138. The summed E-state index contributed by atoms with van der Waals surface area (Å²) in [5.74, 6) is 0.138. The lowest BCUT2D eigenvalue weighted by Crippen LogP contribution is -2.38. The van der Waals surface area contributed by atoms with Gasteiger partial charge in [0.2, 0.25) is 5.91 Å². The molecule has 1 heterocycles. The second-order valence-corrected chi connectivity index (χ2v) is 4.44. The van der Waals surface area contributed by atoms with Crippen molar-refractivity contribution >= 4 is 5.91 Å². The molecule has 1 aliphatic heterocycles. The van der Waals surface area contributed by atoms with E-state index in [2.05, 4.69) is 0 Å². The van der Waals surface area contributed by atoms with Crippen LogP contribution in [0, 0.1) is 5.41 Å². The monoisotopic (exact) mass is 171 g/mol. The molecular formula is C9H17NO2. The maximum atomic E-state index is 11.6. The SMILES string of the molecule is CC(C)(C)C(=O)N1CC[C@H](O)C1. The molecule has 0 aliphatic carbocycles. The van der Waals surface area contributed by atoms with Gasteiger partial charge in [-0.05, 0) is 6.42 Å². The molecule has 0 spiro atoms. The minimum Gasteiger partial charge on any atom is -0.391 e. The lowest BCUT2D eigenvalue weighted by molar-refractivity contribution is -0.138. The number of hydrogen-bond acceptors (Lipinski definition) is 2. The topological polar surface area (TPSA) is 40.5 Å². The van der Waals surface area contributed by atoms with Crippen molar-refractivity contribution in [2.45, 2.75) is 33.3 Å². The number of aliphatic hydroxyl groups excluding tert-OH is 1. The highest BCUT2D eigenvalue weighted by Crippen LogP contribution is 2.20. The number of rotatable bonds is 0. The Morgan fingerprint density at radius 1 is 1.50 bits per heavy atom. The zero-order valence-electron chi connectivity index (χ0n) is 8.00. The number of nitrogens with zero attached hydrogens (tertiary/aromatic N) is 1. The van der Waals surface area contributed by atoms with Crippen molar-refractivity contribution in [3.63, 3.8) is 0 Å². The highest BCUT2D eigenvalue weighted by molar-refractivity contribution is 5.81. The summed E-state index contributed by atoms with van der Waals surface area (Å²) in [6.07, 6.45) is 0.415. The van der Waals surface area contributed by atoms with Crippen molar-refractivity contribution < 1.29 is 9.90 Å². The van der Waals surface area contributed by atoms with Crippen molar-refractivity contribution in [1.29, 1.82) is 0 Å². The van der Waals surface area contributed by atoms with E-state index < -0.39 is 0 Å². The van der Waals surface area contributed by atoms with Crippen LogP contribution >= 0.6 is 0 Å². The highest BCUT2D eigenvalue weighted by atomic mass is 16.3. The van der Waals surface area contributed by atoms with Crippen LogP contribution in [-0.2, 0) is 4.79 Å². The first-order valence-corrected chi connectivity index (χ1v) is 4.38. The van der Waals surface area contributed by atoms with E-state index in [0.29, 0.717) is 13.1 Å². The van der Waals surface area contributed by atoms with Gasteiger partial charge in [-0.2, -0.15) is 0 Å². The van der Waals surface area contributed by atoms with E-state index in [9.17, 15) is 9.90 Å². The number of aliphatic hydroxyl groups is 1. The van der Waals surface area contributed by atoms with Crippen LogP contribution in [-0.4, -0.2) is 35.1 Å². The number of hydrogen-bond donors (Lipinski definition) is 1. The van der Waals surface area contributed by atoms with Crippen LogP contribution in [0.4, 0.5) is 0 Å². The lowest BCUT2D eigenvalue weighted by Gasteiger charge is -2.25. The predicted molar refractivity (Wildman–Crippen MR) is 46.7 cm³/mol. The zero-order chi connectivity index (χ0) is 9.35. The Morgan fingerprint density at radius 3 is 2.42 bits per heavy atom. The van der Waals surface area contributed by atoms with E-state index >= 15 is 0 Å². The van der Waals surface area contributed by atoms with Gasteiger partial charge in [0.15, 0.2) is 0 Å². The molecule has 0 aromatic heterocycles. The minimum atomic E-state index is -0.315. The summed E-state index contributed by atoms with van der Waals surface area (Å²) in [6, 6.07) is 0. The van der Waals surface area contributed by atoms with Crippen LogP contribution in [0.1, 0.15) is 27.2 Å². The number of carbonyl (C=O) groups excluding carboxylic acids is 1. The van der Waals surface area contributed by atoms with Crippen LogP contribution in [0.2, 0.25) is 0 Å². The smallest absolute Gasteiger partial charge is 0.228 e. The van der Waals surface area contributed by atoms with E-state index in [-0.39, 0.29) is 17.4 Å². The van der Waals surface area contributed by atoms with Crippen LogP contribution in [0.5, 0.6) is 0 Å². The number of β-amino-alcohol motifs (C(OH)–C–C–N with tert-alkyl or cyclic N) is 1. The number of amides is 1. The molecule has 0 saturated carbocycles. The third-order valence-electron chi connectivity index (χ3n) is 2.09. The summed E-state index contributed by atoms with van der Waals surface area (Å²) in [4.78, 5) is 13.4. The molecule has 1 atom stereocenters. The van der Waals surface area contributed by atoms with Crippen molar-refractivity contribution in [3.8, 4) is 0 Å². The van der Waals surface area contributed by atoms with Crippen molar-refractivity contribution in [2.75, 3.05) is 13.1 Å². The van der Waals surface area contributed by atoms with Gasteiger partial charge < -0.3 is 10.0 Å². The lowest BCUT2D eigenvalue weighted by atomic mass is 9.95. The van der Waals surface area contributed by atoms with Gasteiger partial charge in [0.25, 0.3) is 0 Å². The summed E-state index contributed by atoms with van der Waals surface area (Å²) in [5.41, 5.74) is -0.315. The molecule has 3 heteroatoms. The van der Waals surface area contributed by atoms with Gasteiger partial charge in [0.1, 0.15) is 0 Å². The highest BCUT2D eigenvalue weighted by Gasteiger charge is 2.31. The second kappa shape index (κ2) is 3.05. The molecule has 0 aromatic carbocycles. The molecule has 1 N–H and O–H groups in total. The standard InChI is InChI=1S/C9H17NO2/c1-9(2,3)8(12)10-5-4-7(11)6-10/h7,11H,4-6H2,1-3H3/t7-/m0/s1. The first-order chi connectivity index (χ1) is 5.41. The molecule has 0 unspecified atom stereocenters. The van der Waals surface area contributed by atoms with Crippen LogP contribution < -0.4 is 0 Å². The first-order valence-electron chi connectivity index (χ1n) is 4.38. The third-order valence-corrected chi connectivity index (χ3v) is 2.09. The van der Waals surface area contributed by atoms with Gasteiger partial charge in [-0.1, -0.05) is 20.8 Å². The molecule has 1 amide bonds. The summed E-state index contributed by atoms with van der Waals surface area (Å²) in [7, 11) is 0. The third kappa shape index (κ3) is 1.97. The maximum Gasteiger partial charge on any atom is 0.228 e. The van der Waals surface area contributed by atoms with Gasteiger partial charge in [0, 0.05) is 18.5 Å². The van der Waals surface area contributed by atoms with Gasteiger partial charge >= 0.3 is 0 Å². The summed E-state index contributed by atoms with van der Waals surface area (Å²) in [6.45, 7) is 6.92. The molecule has 70 valence electrons. The van der Waals surface area contributed by atoms with Crippen LogP contribution in [0.3, 0.4) is 0 Å². The Labute approximate surface area is 73.4 Å². The van der Waals surface area contributed by atoms with Crippen molar-refractivity contribution in [3.05, 3.63) is 0 Å². The fourth-order valence-electron chi connectivity index (χ4n) is 1.40. The van der Waals surface area contributed by atoms with Crippen LogP contribution in [0.15, 0.2) is 0 Å². The van der Waals surface area contributed by atoms with Gasteiger partial charge in [-0.15, -0.1) is 0 Å². The van der Waals surface area contributed by atoms with E-state index in [4.69, 9.17) is 0 Å². The molecule has 1 saturated heterocycles. The van der Waals surface area contributed by atoms with E-state index in [0.717, 1.165) is 6.42 Å². The quantitative estimate of drug-likeness (QED) is 0.580. The van der Waals surface area contributed by atoms with Crippen LogP contribution in [0.25, 0.3) is 0 Å². The summed E-state index contributed by atoms with van der Waals surface area (Å²) < 4.78 is 0. The van der Waals surface area contributed by atoms with E-state index in [1.54, 1.807) is 4.90 Å². The molecule has 1 rings (SSSR count). The fourth-order valence-corrected chi connectivity index (χ4v) is 1.40. The molecule has 3 nitrogen and oxygen atoms in total. The Kier molecular flexibility index (Phi) is 2.42. The zero-order valence-corrected chi connectivity index (χ0v) is 8.00. The molecule has 0 radical (unpaired) electrons. The predicted octanol–water partition coefficient (Wildman–Crippen LogP) is 0.626. The molecular weight excluding hydrogens is 154 g/mol. The van der Waals surface area contributed by atoms with Gasteiger partial charge in [-0.3, -0.25) is 4.79 Å².